The van der Waals surface area contributed by atoms with Gasteiger partial charge in [0.05, 0.1) is 11.4 Å². The highest BCUT2D eigenvalue weighted by Crippen LogP contribution is 2.27. The smallest absolute Gasteiger partial charge is 0.329 e. The number of likely N-dealkylation sites (tertiary alicyclic amines) is 1. The van der Waals surface area contributed by atoms with Gasteiger partial charge < -0.3 is 10.2 Å². The maximum Gasteiger partial charge on any atom is 0.329 e. The molecule has 1 aliphatic rings. The third-order valence-electron chi connectivity index (χ3n) is 5.63. The number of nitrogens with zero attached hydrogens (tertiary/aromatic N) is 2. The highest BCUT2D eigenvalue weighted by atomic mass is 16.2. The highest BCUT2D eigenvalue weighted by Gasteiger charge is 2.28. The molecule has 31 heavy (non-hydrogen) atoms. The minimum atomic E-state index is -0.0556. The largest absolute Gasteiger partial charge is 0.349 e. The van der Waals surface area contributed by atoms with Crippen LogP contribution in [0.3, 0.4) is 0 Å². The van der Waals surface area contributed by atoms with Crippen molar-refractivity contribution in [3.8, 4) is 0 Å². The molecule has 0 unspecified atom stereocenters. The number of anilines is 2. The van der Waals surface area contributed by atoms with E-state index in [4.69, 9.17) is 0 Å². The Morgan fingerprint density at radius 3 is 1.84 bits per heavy atom. The van der Waals surface area contributed by atoms with Crippen molar-refractivity contribution >= 4 is 23.3 Å². The Kier molecular flexibility index (Phi) is 6.32. The minimum absolute atomic E-state index is 0.0410. The Morgan fingerprint density at radius 2 is 1.32 bits per heavy atom. The van der Waals surface area contributed by atoms with Gasteiger partial charge in [0, 0.05) is 24.7 Å². The molecular formula is C26H27N3O2. The fourth-order valence-electron chi connectivity index (χ4n) is 3.85. The van der Waals surface area contributed by atoms with Crippen LogP contribution in [0.15, 0.2) is 84.9 Å². The predicted molar refractivity (Wildman–Crippen MR) is 124 cm³/mol. The van der Waals surface area contributed by atoms with Gasteiger partial charge in [-0.3, -0.25) is 9.69 Å². The van der Waals surface area contributed by atoms with Crippen molar-refractivity contribution in [2.24, 2.45) is 0 Å². The highest BCUT2D eigenvalue weighted by molar-refractivity contribution is 5.99. The van der Waals surface area contributed by atoms with Gasteiger partial charge in [0.2, 0.25) is 0 Å². The van der Waals surface area contributed by atoms with Gasteiger partial charge in [-0.05, 0) is 56.2 Å². The van der Waals surface area contributed by atoms with E-state index < -0.39 is 0 Å². The van der Waals surface area contributed by atoms with Crippen molar-refractivity contribution in [1.82, 2.24) is 10.2 Å². The molecule has 3 amide bonds. The molecule has 3 aromatic carbocycles. The van der Waals surface area contributed by atoms with Crippen LogP contribution >= 0.6 is 0 Å². The van der Waals surface area contributed by atoms with E-state index in [1.807, 2.05) is 96.8 Å². The molecule has 1 saturated heterocycles. The van der Waals surface area contributed by atoms with Gasteiger partial charge in [-0.15, -0.1) is 0 Å². The average molecular weight is 414 g/mol. The summed E-state index contributed by atoms with van der Waals surface area (Å²) in [5.74, 6) is -0.0556. The lowest BCUT2D eigenvalue weighted by Gasteiger charge is -2.36. The second kappa shape index (κ2) is 9.47. The van der Waals surface area contributed by atoms with Crippen LogP contribution in [-0.2, 0) is 0 Å². The summed E-state index contributed by atoms with van der Waals surface area (Å²) in [5.41, 5.74) is 3.48. The van der Waals surface area contributed by atoms with Crippen LogP contribution < -0.4 is 10.2 Å². The van der Waals surface area contributed by atoms with E-state index in [0.29, 0.717) is 18.7 Å². The minimum Gasteiger partial charge on any atom is -0.349 e. The molecule has 1 N–H and O–H groups in total. The fourth-order valence-corrected chi connectivity index (χ4v) is 3.85. The predicted octanol–water partition coefficient (Wildman–Crippen LogP) is 5.15. The lowest BCUT2D eigenvalue weighted by molar-refractivity contribution is 0.0919. The van der Waals surface area contributed by atoms with E-state index in [1.165, 1.54) is 0 Å². The number of carbonyl (C=O) groups excluding carboxylic acids is 2. The van der Waals surface area contributed by atoms with Crippen LogP contribution in [0.25, 0.3) is 0 Å². The van der Waals surface area contributed by atoms with Crippen molar-refractivity contribution < 1.29 is 9.59 Å². The van der Waals surface area contributed by atoms with E-state index in [2.05, 4.69) is 5.32 Å². The molecule has 3 aromatic rings. The third kappa shape index (κ3) is 4.94. The van der Waals surface area contributed by atoms with E-state index in [0.717, 1.165) is 29.8 Å². The van der Waals surface area contributed by atoms with Crippen molar-refractivity contribution in [1.29, 1.82) is 0 Å². The fraction of sp³-hybridized carbons (Fsp3) is 0.231. The summed E-state index contributed by atoms with van der Waals surface area (Å²) in [7, 11) is 0. The molecule has 1 fully saturated rings. The molecule has 158 valence electrons. The number of amides is 3. The SMILES string of the molecule is Cc1ccc(C(=O)NC2CCN(C(=O)N(c3ccccc3)c3ccccc3)CC2)cc1. The zero-order chi connectivity index (χ0) is 21.6. The van der Waals surface area contributed by atoms with Gasteiger partial charge in [0.15, 0.2) is 0 Å². The number of hydrogen-bond donors (Lipinski definition) is 1. The number of para-hydroxylation sites is 2. The number of hydrogen-bond acceptors (Lipinski definition) is 2. The summed E-state index contributed by atoms with van der Waals surface area (Å²) in [6, 6.07) is 27.0. The van der Waals surface area contributed by atoms with Crippen molar-refractivity contribution in [3.05, 3.63) is 96.1 Å². The van der Waals surface area contributed by atoms with Crippen molar-refractivity contribution in [2.45, 2.75) is 25.8 Å². The van der Waals surface area contributed by atoms with Gasteiger partial charge in [-0.25, -0.2) is 4.79 Å². The number of benzene rings is 3. The molecular weight excluding hydrogens is 386 g/mol. The first-order valence-corrected chi connectivity index (χ1v) is 10.7. The lowest BCUT2D eigenvalue weighted by Crippen LogP contribution is -2.49. The van der Waals surface area contributed by atoms with Crippen LogP contribution in [0, 0.1) is 6.92 Å². The Labute approximate surface area is 183 Å². The van der Waals surface area contributed by atoms with Crippen LogP contribution in [0.2, 0.25) is 0 Å². The van der Waals surface area contributed by atoms with Gasteiger partial charge in [-0.1, -0.05) is 54.1 Å². The zero-order valence-corrected chi connectivity index (χ0v) is 17.7. The normalized spacial score (nSPS) is 14.2. The molecule has 0 aromatic heterocycles. The van der Waals surface area contributed by atoms with Gasteiger partial charge in [0.25, 0.3) is 5.91 Å². The van der Waals surface area contributed by atoms with Crippen LogP contribution in [0.5, 0.6) is 0 Å². The summed E-state index contributed by atoms with van der Waals surface area (Å²) in [4.78, 5) is 29.6. The summed E-state index contributed by atoms with van der Waals surface area (Å²) in [5, 5.41) is 3.12. The van der Waals surface area contributed by atoms with E-state index in [-0.39, 0.29) is 18.0 Å². The quantitative estimate of drug-likeness (QED) is 0.643. The number of nitrogens with one attached hydrogen (secondary N) is 1. The Balaban J connectivity index is 1.41. The summed E-state index contributed by atoms with van der Waals surface area (Å²) >= 11 is 0. The standard InChI is InChI=1S/C26H27N3O2/c1-20-12-14-21(15-13-20)25(30)27-22-16-18-28(19-17-22)26(31)29(23-8-4-2-5-9-23)24-10-6-3-7-11-24/h2-15,22H,16-19H2,1H3,(H,27,30). The number of piperidine rings is 1. The second-order valence-corrected chi connectivity index (χ2v) is 7.89. The first-order chi connectivity index (χ1) is 15.1. The van der Waals surface area contributed by atoms with Crippen molar-refractivity contribution in [2.75, 3.05) is 18.0 Å². The van der Waals surface area contributed by atoms with Crippen LogP contribution in [0.1, 0.15) is 28.8 Å². The summed E-state index contributed by atoms with van der Waals surface area (Å²) < 4.78 is 0. The topological polar surface area (TPSA) is 52.7 Å². The molecule has 0 bridgehead atoms. The molecule has 5 heteroatoms. The van der Waals surface area contributed by atoms with Gasteiger partial charge in [-0.2, -0.15) is 0 Å². The van der Waals surface area contributed by atoms with E-state index >= 15 is 0 Å². The molecule has 0 spiro atoms. The van der Waals surface area contributed by atoms with E-state index in [1.54, 1.807) is 4.90 Å². The maximum atomic E-state index is 13.4. The molecule has 5 nitrogen and oxygen atoms in total. The Bertz CT molecular complexity index is 972. The molecule has 0 radical (unpaired) electrons. The second-order valence-electron chi connectivity index (χ2n) is 7.89. The number of carbonyl (C=O) groups is 2. The van der Waals surface area contributed by atoms with Gasteiger partial charge >= 0.3 is 6.03 Å². The molecule has 0 aliphatic carbocycles. The molecule has 1 aliphatic heterocycles. The zero-order valence-electron chi connectivity index (χ0n) is 17.7. The first kappa shape index (κ1) is 20.7. The van der Waals surface area contributed by atoms with E-state index in [9.17, 15) is 9.59 Å². The lowest BCUT2D eigenvalue weighted by atomic mass is 10.0. The monoisotopic (exact) mass is 413 g/mol. The Hall–Kier alpha value is -3.60. The number of aryl methyl sites for hydroxylation is 1. The van der Waals surface area contributed by atoms with Crippen LogP contribution in [-0.4, -0.2) is 36.0 Å². The molecule has 1 heterocycles. The average Bonchev–Trinajstić information content (AvgIpc) is 2.81. The van der Waals surface area contributed by atoms with Gasteiger partial charge in [0.1, 0.15) is 0 Å². The molecule has 4 rings (SSSR count). The Morgan fingerprint density at radius 1 is 0.806 bits per heavy atom. The molecule has 0 saturated carbocycles. The number of urea groups is 1. The third-order valence-corrected chi connectivity index (χ3v) is 5.63. The number of rotatable bonds is 4. The molecule has 0 atom stereocenters. The first-order valence-electron chi connectivity index (χ1n) is 10.7. The summed E-state index contributed by atoms with van der Waals surface area (Å²) in [6.45, 7) is 3.21. The van der Waals surface area contributed by atoms with Crippen LogP contribution in [0.4, 0.5) is 16.2 Å². The van der Waals surface area contributed by atoms with Crippen molar-refractivity contribution in [3.63, 3.8) is 0 Å². The maximum absolute atomic E-state index is 13.4. The summed E-state index contributed by atoms with van der Waals surface area (Å²) in [6.07, 6.45) is 1.47.